The number of benzene rings is 1. The lowest BCUT2D eigenvalue weighted by atomic mass is 9.95. The van der Waals surface area contributed by atoms with E-state index in [4.69, 9.17) is 15.2 Å². The van der Waals surface area contributed by atoms with E-state index in [1.165, 1.54) is 28.7 Å². The van der Waals surface area contributed by atoms with E-state index >= 15 is 0 Å². The number of hydrogen-bond acceptors (Lipinski definition) is 3. The predicted molar refractivity (Wildman–Crippen MR) is 76.6 cm³/mol. The molecule has 0 heterocycles. The minimum absolute atomic E-state index is 0.209. The molecule has 0 bridgehead atoms. The van der Waals surface area contributed by atoms with Gasteiger partial charge in [0.15, 0.2) is 11.5 Å². The maximum absolute atomic E-state index is 6.33. The van der Waals surface area contributed by atoms with E-state index in [1.54, 1.807) is 14.2 Å². The summed E-state index contributed by atoms with van der Waals surface area (Å²) in [6.07, 6.45) is 5.50. The summed E-state index contributed by atoms with van der Waals surface area (Å²) in [6.45, 7) is 0. The Morgan fingerprint density at radius 2 is 1.95 bits per heavy atom. The van der Waals surface area contributed by atoms with Crippen LogP contribution < -0.4 is 15.2 Å². The van der Waals surface area contributed by atoms with Gasteiger partial charge in [-0.1, -0.05) is 6.07 Å². The van der Waals surface area contributed by atoms with Crippen molar-refractivity contribution < 1.29 is 9.47 Å². The molecular weight excluding hydrogens is 238 g/mol. The molecule has 2 aliphatic carbocycles. The van der Waals surface area contributed by atoms with Gasteiger partial charge in [-0.3, -0.25) is 0 Å². The molecule has 0 saturated heterocycles. The zero-order valence-electron chi connectivity index (χ0n) is 11.7. The monoisotopic (exact) mass is 259 g/mol. The molecule has 0 saturated carbocycles. The molecule has 3 rings (SSSR count). The summed E-state index contributed by atoms with van der Waals surface area (Å²) in [5, 5.41) is 0. The highest BCUT2D eigenvalue weighted by Gasteiger charge is 2.29. The molecule has 0 aromatic heterocycles. The highest BCUT2D eigenvalue weighted by molar-refractivity contribution is 5.80. The van der Waals surface area contributed by atoms with Crippen LogP contribution in [0, 0.1) is 0 Å². The fraction of sp³-hybridized carbons (Fsp3) is 0.500. The summed E-state index contributed by atoms with van der Waals surface area (Å²) in [6, 6.07) is 4.38. The Bertz CT molecular complexity index is 534. The highest BCUT2D eigenvalue weighted by atomic mass is 16.5. The molecule has 1 aromatic rings. The molecule has 3 heteroatoms. The van der Waals surface area contributed by atoms with Crippen LogP contribution in [0.25, 0.3) is 5.57 Å². The molecule has 0 amide bonds. The van der Waals surface area contributed by atoms with Gasteiger partial charge in [0.25, 0.3) is 0 Å². The highest BCUT2D eigenvalue weighted by Crippen LogP contribution is 2.46. The van der Waals surface area contributed by atoms with Crippen LogP contribution in [0.3, 0.4) is 0 Å². The van der Waals surface area contributed by atoms with E-state index in [2.05, 4.69) is 6.07 Å². The van der Waals surface area contributed by atoms with Crippen LogP contribution in [0.15, 0.2) is 17.7 Å². The Kier molecular flexibility index (Phi) is 3.23. The second-order valence-electron chi connectivity index (χ2n) is 5.34. The Morgan fingerprint density at radius 1 is 1.11 bits per heavy atom. The Labute approximate surface area is 114 Å². The number of rotatable bonds is 2. The van der Waals surface area contributed by atoms with Gasteiger partial charge < -0.3 is 15.2 Å². The van der Waals surface area contributed by atoms with Crippen LogP contribution >= 0.6 is 0 Å². The number of methoxy groups -OCH3 is 2. The summed E-state index contributed by atoms with van der Waals surface area (Å²) in [7, 11) is 3.41. The van der Waals surface area contributed by atoms with E-state index in [9.17, 15) is 0 Å². The molecule has 0 spiro atoms. The number of ether oxygens (including phenoxy) is 2. The molecule has 1 aromatic carbocycles. The van der Waals surface area contributed by atoms with Gasteiger partial charge in [0.1, 0.15) is 0 Å². The average Bonchev–Trinajstić information content (AvgIpc) is 2.87. The van der Waals surface area contributed by atoms with Crippen molar-refractivity contribution >= 4 is 5.57 Å². The van der Waals surface area contributed by atoms with Crippen LogP contribution in [0.4, 0.5) is 0 Å². The molecule has 0 unspecified atom stereocenters. The zero-order chi connectivity index (χ0) is 13.4. The Balaban J connectivity index is 2.24. The third-order valence-electron chi connectivity index (χ3n) is 4.37. The first-order valence-electron chi connectivity index (χ1n) is 6.98. The fourth-order valence-electron chi connectivity index (χ4n) is 3.45. The maximum Gasteiger partial charge on any atom is 0.168 e. The smallest absolute Gasteiger partial charge is 0.168 e. The van der Waals surface area contributed by atoms with Crippen LogP contribution in [0.1, 0.15) is 36.8 Å². The van der Waals surface area contributed by atoms with Gasteiger partial charge in [0.2, 0.25) is 0 Å². The molecule has 1 atom stereocenters. The molecule has 102 valence electrons. The summed E-state index contributed by atoms with van der Waals surface area (Å²) < 4.78 is 11.1. The first kappa shape index (κ1) is 12.5. The van der Waals surface area contributed by atoms with Crippen molar-refractivity contribution in [2.24, 2.45) is 5.73 Å². The van der Waals surface area contributed by atoms with Gasteiger partial charge in [-0.2, -0.15) is 0 Å². The molecule has 0 radical (unpaired) electrons. The largest absolute Gasteiger partial charge is 0.493 e. The fourth-order valence-corrected chi connectivity index (χ4v) is 3.45. The summed E-state index contributed by atoms with van der Waals surface area (Å²) in [4.78, 5) is 0. The second-order valence-corrected chi connectivity index (χ2v) is 5.34. The minimum Gasteiger partial charge on any atom is -0.493 e. The van der Waals surface area contributed by atoms with E-state index in [0.717, 1.165) is 37.2 Å². The summed E-state index contributed by atoms with van der Waals surface area (Å²) >= 11 is 0. The first-order chi connectivity index (χ1) is 9.26. The topological polar surface area (TPSA) is 44.5 Å². The number of allylic oxidation sites excluding steroid dienone is 1. The van der Waals surface area contributed by atoms with Crippen molar-refractivity contribution in [3.63, 3.8) is 0 Å². The Hall–Kier alpha value is -1.48. The molecule has 19 heavy (non-hydrogen) atoms. The number of hydrogen-bond donors (Lipinski definition) is 1. The van der Waals surface area contributed by atoms with Crippen molar-refractivity contribution in [1.82, 2.24) is 0 Å². The van der Waals surface area contributed by atoms with Crippen molar-refractivity contribution in [3.05, 3.63) is 28.8 Å². The van der Waals surface area contributed by atoms with Crippen molar-refractivity contribution in [3.8, 4) is 11.5 Å². The third-order valence-corrected chi connectivity index (χ3v) is 4.37. The lowest BCUT2D eigenvalue weighted by Crippen LogP contribution is -2.22. The number of fused-ring (bicyclic) bond motifs is 2. The lowest BCUT2D eigenvalue weighted by Gasteiger charge is -2.17. The Morgan fingerprint density at radius 3 is 2.68 bits per heavy atom. The second kappa shape index (κ2) is 4.89. The van der Waals surface area contributed by atoms with Gasteiger partial charge in [0.05, 0.1) is 14.2 Å². The summed E-state index contributed by atoms with van der Waals surface area (Å²) in [5.74, 6) is 1.69. The minimum atomic E-state index is 0.209. The number of aryl methyl sites for hydroxylation is 1. The van der Waals surface area contributed by atoms with Crippen LogP contribution in [-0.4, -0.2) is 20.3 Å². The SMILES string of the molecule is COc1ccc2c(c1OC)C1=C(CCC1)[C@@H](N)CC2. The van der Waals surface area contributed by atoms with Gasteiger partial charge in [-0.05, 0) is 54.9 Å². The normalized spacial score (nSPS) is 21.7. The summed E-state index contributed by atoms with van der Waals surface area (Å²) in [5.41, 5.74) is 11.8. The maximum atomic E-state index is 6.33. The van der Waals surface area contributed by atoms with Gasteiger partial charge in [-0.15, -0.1) is 0 Å². The standard InChI is InChI=1S/C16H21NO2/c1-18-14-9-7-10-6-8-13(17)11-4-3-5-12(11)15(10)16(14)19-2/h7,9,13H,3-6,8,17H2,1-2H3/t13-/m0/s1. The quantitative estimate of drug-likeness (QED) is 0.888. The lowest BCUT2D eigenvalue weighted by molar-refractivity contribution is 0.353. The predicted octanol–water partition coefficient (Wildman–Crippen LogP) is 2.91. The molecule has 0 aliphatic heterocycles. The van der Waals surface area contributed by atoms with Gasteiger partial charge >= 0.3 is 0 Å². The van der Waals surface area contributed by atoms with Crippen LogP contribution in [-0.2, 0) is 6.42 Å². The van der Waals surface area contributed by atoms with Crippen molar-refractivity contribution in [2.75, 3.05) is 14.2 Å². The first-order valence-corrected chi connectivity index (χ1v) is 6.98. The molecule has 2 N–H and O–H groups in total. The van der Waals surface area contributed by atoms with Gasteiger partial charge in [0, 0.05) is 11.6 Å². The molecule has 2 aliphatic rings. The van der Waals surface area contributed by atoms with E-state index in [0.29, 0.717) is 0 Å². The van der Waals surface area contributed by atoms with Gasteiger partial charge in [-0.25, -0.2) is 0 Å². The number of nitrogens with two attached hydrogens (primary N) is 1. The molecule has 3 nitrogen and oxygen atoms in total. The molecular formula is C16H21NO2. The van der Waals surface area contributed by atoms with E-state index < -0.39 is 0 Å². The zero-order valence-corrected chi connectivity index (χ0v) is 11.7. The van der Waals surface area contributed by atoms with E-state index in [-0.39, 0.29) is 6.04 Å². The van der Waals surface area contributed by atoms with Crippen molar-refractivity contribution in [2.45, 2.75) is 38.1 Å². The van der Waals surface area contributed by atoms with E-state index in [1.807, 2.05) is 6.07 Å². The van der Waals surface area contributed by atoms with Crippen molar-refractivity contribution in [1.29, 1.82) is 0 Å². The van der Waals surface area contributed by atoms with Crippen LogP contribution in [0.5, 0.6) is 11.5 Å². The van der Waals surface area contributed by atoms with Crippen LogP contribution in [0.2, 0.25) is 0 Å². The third kappa shape index (κ3) is 1.93. The molecule has 0 fully saturated rings. The average molecular weight is 259 g/mol.